The lowest BCUT2D eigenvalue weighted by Crippen LogP contribution is -2.27. The van der Waals surface area contributed by atoms with Crippen LogP contribution in [0, 0.1) is 0 Å². The van der Waals surface area contributed by atoms with Gasteiger partial charge in [0.05, 0.1) is 17.6 Å². The third kappa shape index (κ3) is 5.68. The molecule has 0 bridgehead atoms. The molecule has 9 heteroatoms. The number of hydrogen-bond donors (Lipinski definition) is 0. The van der Waals surface area contributed by atoms with Crippen molar-refractivity contribution in [3.05, 3.63) is 71.3 Å². The molecule has 0 aromatic heterocycles. The standard InChI is InChI=1S/C23H23NO7S/c1-30-23(27)19-7-4-17(5-8-19)6-13-22(26)31-16-21(25)18-9-11-20(12-10-18)32(28,29)24-14-2-3-15-24/h4-13H,2-3,14-16H2,1H3/b13-6+. The molecule has 0 N–H and O–H groups in total. The number of ether oxygens (including phenoxy) is 2. The zero-order chi connectivity index (χ0) is 23.1. The van der Waals surface area contributed by atoms with E-state index < -0.39 is 34.4 Å². The molecule has 0 saturated carbocycles. The highest BCUT2D eigenvalue weighted by molar-refractivity contribution is 7.89. The van der Waals surface area contributed by atoms with Crippen molar-refractivity contribution in [3.63, 3.8) is 0 Å². The summed E-state index contributed by atoms with van der Waals surface area (Å²) in [6.07, 6.45) is 4.35. The van der Waals surface area contributed by atoms with E-state index in [0.29, 0.717) is 24.2 Å². The number of nitrogens with zero attached hydrogens (tertiary/aromatic N) is 1. The molecular formula is C23H23NO7S. The summed E-state index contributed by atoms with van der Waals surface area (Å²) < 4.78 is 36.1. The van der Waals surface area contributed by atoms with Crippen molar-refractivity contribution in [2.75, 3.05) is 26.8 Å². The van der Waals surface area contributed by atoms with Crippen LogP contribution >= 0.6 is 0 Å². The third-order valence-electron chi connectivity index (χ3n) is 4.97. The molecule has 1 fully saturated rings. The van der Waals surface area contributed by atoms with Gasteiger partial charge in [0.15, 0.2) is 12.4 Å². The molecule has 0 aliphatic carbocycles. The Morgan fingerprint density at radius 1 is 0.938 bits per heavy atom. The van der Waals surface area contributed by atoms with Crippen LogP contribution < -0.4 is 0 Å². The van der Waals surface area contributed by atoms with E-state index in [4.69, 9.17) is 4.74 Å². The van der Waals surface area contributed by atoms with Crippen LogP contribution in [0.15, 0.2) is 59.5 Å². The first-order valence-corrected chi connectivity index (χ1v) is 11.4. The van der Waals surface area contributed by atoms with E-state index in [1.54, 1.807) is 24.3 Å². The Hall–Kier alpha value is -3.30. The number of ketones is 1. The van der Waals surface area contributed by atoms with Crippen LogP contribution in [0.4, 0.5) is 0 Å². The highest BCUT2D eigenvalue weighted by atomic mass is 32.2. The monoisotopic (exact) mass is 457 g/mol. The molecule has 2 aromatic carbocycles. The minimum Gasteiger partial charge on any atom is -0.465 e. The first-order valence-electron chi connectivity index (χ1n) is 9.98. The van der Waals surface area contributed by atoms with E-state index in [9.17, 15) is 22.8 Å². The lowest BCUT2D eigenvalue weighted by Gasteiger charge is -2.15. The van der Waals surface area contributed by atoms with Gasteiger partial charge < -0.3 is 9.47 Å². The van der Waals surface area contributed by atoms with Gasteiger partial charge in [0, 0.05) is 24.7 Å². The summed E-state index contributed by atoms with van der Waals surface area (Å²) in [6.45, 7) is 0.534. The topological polar surface area (TPSA) is 107 Å². The van der Waals surface area contributed by atoms with Gasteiger partial charge in [-0.15, -0.1) is 0 Å². The second kappa shape index (κ2) is 10.3. The maximum Gasteiger partial charge on any atom is 0.337 e. The van der Waals surface area contributed by atoms with Gasteiger partial charge in [-0.25, -0.2) is 18.0 Å². The molecule has 1 aliphatic heterocycles. The molecular weight excluding hydrogens is 434 g/mol. The van der Waals surface area contributed by atoms with Crippen molar-refractivity contribution in [1.82, 2.24) is 4.31 Å². The smallest absolute Gasteiger partial charge is 0.337 e. The number of carbonyl (C=O) groups is 3. The highest BCUT2D eigenvalue weighted by Gasteiger charge is 2.27. The van der Waals surface area contributed by atoms with E-state index in [0.717, 1.165) is 12.8 Å². The van der Waals surface area contributed by atoms with Crippen molar-refractivity contribution in [3.8, 4) is 0 Å². The Morgan fingerprint density at radius 2 is 1.53 bits per heavy atom. The molecule has 8 nitrogen and oxygen atoms in total. The summed E-state index contributed by atoms with van der Waals surface area (Å²) in [6, 6.07) is 12.0. The predicted molar refractivity (Wildman–Crippen MR) is 117 cm³/mol. The molecule has 168 valence electrons. The number of carbonyl (C=O) groups excluding carboxylic acids is 3. The largest absolute Gasteiger partial charge is 0.465 e. The molecule has 1 heterocycles. The van der Waals surface area contributed by atoms with Crippen LogP contribution in [-0.4, -0.2) is 57.3 Å². The molecule has 0 spiro atoms. The van der Waals surface area contributed by atoms with Gasteiger partial charge in [-0.05, 0) is 60.9 Å². The fourth-order valence-corrected chi connectivity index (χ4v) is 4.69. The Balaban J connectivity index is 1.53. The van der Waals surface area contributed by atoms with E-state index in [1.165, 1.54) is 47.8 Å². The predicted octanol–water partition coefficient (Wildman–Crippen LogP) is 2.70. The SMILES string of the molecule is COC(=O)c1ccc(/C=C/C(=O)OCC(=O)c2ccc(S(=O)(=O)N3CCCC3)cc2)cc1. The number of Topliss-reactive ketones (excluding diaryl/α,β-unsaturated/α-hetero) is 1. The van der Waals surface area contributed by atoms with Crippen LogP contribution in [0.25, 0.3) is 6.08 Å². The summed E-state index contributed by atoms with van der Waals surface area (Å²) in [7, 11) is -2.26. The Kier molecular flexibility index (Phi) is 7.55. The van der Waals surface area contributed by atoms with Gasteiger partial charge in [-0.1, -0.05) is 12.1 Å². The van der Waals surface area contributed by atoms with Crippen molar-refractivity contribution >= 4 is 33.8 Å². The van der Waals surface area contributed by atoms with Gasteiger partial charge in [-0.2, -0.15) is 4.31 Å². The first kappa shape index (κ1) is 23.4. The summed E-state index contributed by atoms with van der Waals surface area (Å²) in [4.78, 5) is 35.7. The lowest BCUT2D eigenvalue weighted by atomic mass is 10.1. The normalized spacial score (nSPS) is 14.4. The minimum absolute atomic E-state index is 0.133. The van der Waals surface area contributed by atoms with Gasteiger partial charge in [0.25, 0.3) is 0 Å². The summed E-state index contributed by atoms with van der Waals surface area (Å²) in [5, 5.41) is 0. The van der Waals surface area contributed by atoms with Crippen LogP contribution in [0.3, 0.4) is 0 Å². The number of methoxy groups -OCH3 is 1. The van der Waals surface area contributed by atoms with Crippen molar-refractivity contribution < 1.29 is 32.3 Å². The minimum atomic E-state index is -3.55. The number of rotatable bonds is 8. The summed E-state index contributed by atoms with van der Waals surface area (Å²) in [5.41, 5.74) is 1.30. The van der Waals surface area contributed by atoms with Crippen LogP contribution in [-0.2, 0) is 24.3 Å². The second-order valence-electron chi connectivity index (χ2n) is 7.11. The second-order valence-corrected chi connectivity index (χ2v) is 9.05. The fourth-order valence-electron chi connectivity index (χ4n) is 3.17. The van der Waals surface area contributed by atoms with E-state index in [1.807, 2.05) is 0 Å². The van der Waals surface area contributed by atoms with Crippen LogP contribution in [0.2, 0.25) is 0 Å². The summed E-state index contributed by atoms with van der Waals surface area (Å²) >= 11 is 0. The molecule has 0 atom stereocenters. The zero-order valence-electron chi connectivity index (χ0n) is 17.5. The van der Waals surface area contributed by atoms with Gasteiger partial charge in [-0.3, -0.25) is 4.79 Å². The molecule has 1 saturated heterocycles. The fraction of sp³-hybridized carbons (Fsp3) is 0.261. The van der Waals surface area contributed by atoms with E-state index in [-0.39, 0.29) is 10.5 Å². The first-order chi connectivity index (χ1) is 15.3. The number of benzene rings is 2. The van der Waals surface area contributed by atoms with Gasteiger partial charge >= 0.3 is 11.9 Å². The highest BCUT2D eigenvalue weighted by Crippen LogP contribution is 2.21. The van der Waals surface area contributed by atoms with Crippen LogP contribution in [0.5, 0.6) is 0 Å². The third-order valence-corrected chi connectivity index (χ3v) is 6.88. The molecule has 1 aliphatic rings. The van der Waals surface area contributed by atoms with Crippen LogP contribution in [0.1, 0.15) is 39.1 Å². The molecule has 32 heavy (non-hydrogen) atoms. The number of sulfonamides is 1. The Labute approximate surface area is 186 Å². The van der Waals surface area contributed by atoms with Gasteiger partial charge in [0.2, 0.25) is 10.0 Å². The quantitative estimate of drug-likeness (QED) is 0.341. The number of esters is 2. The lowest BCUT2D eigenvalue weighted by molar-refractivity contribution is -0.136. The maximum absolute atomic E-state index is 12.5. The van der Waals surface area contributed by atoms with E-state index >= 15 is 0 Å². The summed E-state index contributed by atoms with van der Waals surface area (Å²) in [5.74, 6) is -1.61. The molecule has 0 unspecified atom stereocenters. The average molecular weight is 458 g/mol. The molecule has 2 aromatic rings. The zero-order valence-corrected chi connectivity index (χ0v) is 18.3. The molecule has 0 radical (unpaired) electrons. The molecule has 0 amide bonds. The maximum atomic E-state index is 12.5. The number of hydrogen-bond acceptors (Lipinski definition) is 7. The van der Waals surface area contributed by atoms with Gasteiger partial charge in [0.1, 0.15) is 0 Å². The molecule has 3 rings (SSSR count). The van der Waals surface area contributed by atoms with E-state index in [2.05, 4.69) is 4.74 Å². The average Bonchev–Trinajstić information content (AvgIpc) is 3.37. The Morgan fingerprint density at radius 3 is 2.12 bits per heavy atom. The van der Waals surface area contributed by atoms with Crippen molar-refractivity contribution in [2.45, 2.75) is 17.7 Å². The Bertz CT molecular complexity index is 1110. The van der Waals surface area contributed by atoms with Crippen molar-refractivity contribution in [2.24, 2.45) is 0 Å². The van der Waals surface area contributed by atoms with Crippen molar-refractivity contribution in [1.29, 1.82) is 0 Å².